The summed E-state index contributed by atoms with van der Waals surface area (Å²) in [4.78, 5) is 13.6. The quantitative estimate of drug-likeness (QED) is 0.906. The van der Waals surface area contributed by atoms with E-state index in [4.69, 9.17) is 4.74 Å². The molecule has 21 heavy (non-hydrogen) atoms. The highest BCUT2D eigenvalue weighted by atomic mass is 16.5. The Morgan fingerprint density at radius 1 is 1.43 bits per heavy atom. The first-order valence-corrected chi connectivity index (χ1v) is 7.54. The number of hydrogen-bond acceptors (Lipinski definition) is 3. The molecule has 0 aromatic heterocycles. The molecule has 1 atom stereocenters. The monoisotopic (exact) mass is 291 g/mol. The van der Waals surface area contributed by atoms with Gasteiger partial charge in [-0.05, 0) is 51.8 Å². The number of hydrogen-bond donors (Lipinski definition) is 1. The zero-order chi connectivity index (χ0) is 15.5. The maximum Gasteiger partial charge on any atom is 0.335 e. The lowest BCUT2D eigenvalue weighted by Gasteiger charge is -2.39. The highest BCUT2D eigenvalue weighted by Gasteiger charge is 2.30. The molecule has 4 nitrogen and oxygen atoms in total. The fourth-order valence-electron chi connectivity index (χ4n) is 3.00. The summed E-state index contributed by atoms with van der Waals surface area (Å²) >= 11 is 0. The third kappa shape index (κ3) is 4.29. The Balaban J connectivity index is 1.95. The second-order valence-corrected chi connectivity index (χ2v) is 6.45. The SMILES string of the molecule is CN(CCc1ccccc1C(=O)O)C1CCOC(C)(C)C1. The Kier molecular flexibility index (Phi) is 5.01. The summed E-state index contributed by atoms with van der Waals surface area (Å²) in [6.07, 6.45) is 2.82. The third-order valence-electron chi connectivity index (χ3n) is 4.28. The molecule has 2 rings (SSSR count). The van der Waals surface area contributed by atoms with E-state index in [1.165, 1.54) is 0 Å². The molecule has 1 unspecified atom stereocenters. The zero-order valence-corrected chi connectivity index (χ0v) is 13.1. The first-order valence-electron chi connectivity index (χ1n) is 7.54. The van der Waals surface area contributed by atoms with E-state index in [-0.39, 0.29) is 5.60 Å². The third-order valence-corrected chi connectivity index (χ3v) is 4.28. The summed E-state index contributed by atoms with van der Waals surface area (Å²) in [6.45, 7) is 5.93. The van der Waals surface area contributed by atoms with Crippen LogP contribution in [0.2, 0.25) is 0 Å². The molecule has 4 heteroatoms. The first-order chi connectivity index (χ1) is 9.89. The van der Waals surface area contributed by atoms with Gasteiger partial charge in [-0.2, -0.15) is 0 Å². The molecule has 1 aliphatic rings. The molecular formula is C17H25NO3. The number of ether oxygens (including phenoxy) is 1. The maximum atomic E-state index is 11.2. The van der Waals surface area contributed by atoms with Gasteiger partial charge in [0.05, 0.1) is 11.2 Å². The number of nitrogens with zero attached hydrogens (tertiary/aromatic N) is 1. The normalized spacial score (nSPS) is 21.4. The Bertz CT molecular complexity index is 499. The fourth-order valence-corrected chi connectivity index (χ4v) is 3.00. The lowest BCUT2D eigenvalue weighted by molar-refractivity contribution is -0.0797. The largest absolute Gasteiger partial charge is 0.478 e. The molecule has 1 fully saturated rings. The smallest absolute Gasteiger partial charge is 0.335 e. The van der Waals surface area contributed by atoms with Crippen molar-refractivity contribution in [3.8, 4) is 0 Å². The maximum absolute atomic E-state index is 11.2. The second-order valence-electron chi connectivity index (χ2n) is 6.45. The van der Waals surface area contributed by atoms with Gasteiger partial charge in [0.1, 0.15) is 0 Å². The molecule has 116 valence electrons. The van der Waals surface area contributed by atoms with Crippen molar-refractivity contribution in [3.63, 3.8) is 0 Å². The minimum atomic E-state index is -0.847. The van der Waals surface area contributed by atoms with Gasteiger partial charge < -0.3 is 14.7 Å². The highest BCUT2D eigenvalue weighted by Crippen LogP contribution is 2.26. The van der Waals surface area contributed by atoms with Crippen LogP contribution in [0.1, 0.15) is 42.6 Å². The van der Waals surface area contributed by atoms with Crippen molar-refractivity contribution in [2.24, 2.45) is 0 Å². The molecule has 0 amide bonds. The van der Waals surface area contributed by atoms with Crippen molar-refractivity contribution >= 4 is 5.97 Å². The number of carboxylic acids is 1. The van der Waals surface area contributed by atoms with Crippen LogP contribution in [-0.4, -0.2) is 47.8 Å². The molecule has 1 aromatic rings. The van der Waals surface area contributed by atoms with Crippen LogP contribution in [0.4, 0.5) is 0 Å². The molecule has 0 aliphatic carbocycles. The van der Waals surface area contributed by atoms with Crippen molar-refractivity contribution in [1.29, 1.82) is 0 Å². The predicted molar refractivity (Wildman–Crippen MR) is 82.8 cm³/mol. The van der Waals surface area contributed by atoms with Gasteiger partial charge in [0.15, 0.2) is 0 Å². The van der Waals surface area contributed by atoms with Crippen LogP contribution in [0.15, 0.2) is 24.3 Å². The van der Waals surface area contributed by atoms with E-state index in [0.717, 1.165) is 38.0 Å². The van der Waals surface area contributed by atoms with Gasteiger partial charge >= 0.3 is 5.97 Å². The van der Waals surface area contributed by atoms with Crippen LogP contribution in [0, 0.1) is 0 Å². The summed E-state index contributed by atoms with van der Waals surface area (Å²) in [5.41, 5.74) is 1.26. The number of carbonyl (C=O) groups is 1. The van der Waals surface area contributed by atoms with E-state index < -0.39 is 5.97 Å². The van der Waals surface area contributed by atoms with Crippen LogP contribution < -0.4 is 0 Å². The molecule has 0 radical (unpaired) electrons. The summed E-state index contributed by atoms with van der Waals surface area (Å²) in [5.74, 6) is -0.847. The molecule has 1 aliphatic heterocycles. The number of aromatic carboxylic acids is 1. The molecule has 0 saturated carbocycles. The molecular weight excluding hydrogens is 266 g/mol. The zero-order valence-electron chi connectivity index (χ0n) is 13.1. The summed E-state index contributed by atoms with van der Waals surface area (Å²) in [7, 11) is 2.12. The van der Waals surface area contributed by atoms with Crippen molar-refractivity contribution in [2.45, 2.75) is 44.8 Å². The van der Waals surface area contributed by atoms with E-state index >= 15 is 0 Å². The van der Waals surface area contributed by atoms with Crippen LogP contribution >= 0.6 is 0 Å². The standard InChI is InChI=1S/C17H25NO3/c1-17(2)12-14(9-11-21-17)18(3)10-8-13-6-4-5-7-15(13)16(19)20/h4-7,14H,8-12H2,1-3H3,(H,19,20). The van der Waals surface area contributed by atoms with Gasteiger partial charge in [-0.25, -0.2) is 4.79 Å². The van der Waals surface area contributed by atoms with Gasteiger partial charge in [0.2, 0.25) is 0 Å². The highest BCUT2D eigenvalue weighted by molar-refractivity contribution is 5.89. The molecule has 1 heterocycles. The van der Waals surface area contributed by atoms with Gasteiger partial charge in [-0.15, -0.1) is 0 Å². The predicted octanol–water partition coefficient (Wildman–Crippen LogP) is 2.82. The van der Waals surface area contributed by atoms with Crippen LogP contribution in [-0.2, 0) is 11.2 Å². The Morgan fingerprint density at radius 3 is 2.81 bits per heavy atom. The topological polar surface area (TPSA) is 49.8 Å². The van der Waals surface area contributed by atoms with Crippen molar-refractivity contribution in [1.82, 2.24) is 4.90 Å². The van der Waals surface area contributed by atoms with E-state index in [1.54, 1.807) is 12.1 Å². The molecule has 1 N–H and O–H groups in total. The minimum absolute atomic E-state index is 0.0594. The van der Waals surface area contributed by atoms with E-state index in [9.17, 15) is 9.90 Å². The fraction of sp³-hybridized carbons (Fsp3) is 0.588. The first kappa shape index (κ1) is 16.0. The Labute approximate surface area is 126 Å². The van der Waals surface area contributed by atoms with E-state index in [2.05, 4.69) is 25.8 Å². The lowest BCUT2D eigenvalue weighted by atomic mass is 9.93. The molecule has 1 saturated heterocycles. The Hall–Kier alpha value is -1.39. The van der Waals surface area contributed by atoms with Crippen LogP contribution in [0.3, 0.4) is 0 Å². The van der Waals surface area contributed by atoms with Gasteiger partial charge in [0, 0.05) is 19.2 Å². The number of carboxylic acid groups (broad SMARTS) is 1. The average molecular weight is 291 g/mol. The van der Waals surface area contributed by atoms with Crippen molar-refractivity contribution < 1.29 is 14.6 Å². The van der Waals surface area contributed by atoms with Crippen LogP contribution in [0.5, 0.6) is 0 Å². The van der Waals surface area contributed by atoms with Crippen molar-refractivity contribution in [3.05, 3.63) is 35.4 Å². The summed E-state index contributed by atoms with van der Waals surface area (Å²) < 4.78 is 5.75. The summed E-state index contributed by atoms with van der Waals surface area (Å²) in [5, 5.41) is 9.22. The van der Waals surface area contributed by atoms with Gasteiger partial charge in [-0.3, -0.25) is 0 Å². The Morgan fingerprint density at radius 2 is 2.14 bits per heavy atom. The number of rotatable bonds is 5. The van der Waals surface area contributed by atoms with Gasteiger partial charge in [0.25, 0.3) is 0 Å². The lowest BCUT2D eigenvalue weighted by Crippen LogP contribution is -2.45. The van der Waals surface area contributed by atoms with E-state index in [0.29, 0.717) is 11.6 Å². The van der Waals surface area contributed by atoms with Crippen molar-refractivity contribution in [2.75, 3.05) is 20.2 Å². The van der Waals surface area contributed by atoms with Gasteiger partial charge in [-0.1, -0.05) is 18.2 Å². The molecule has 0 bridgehead atoms. The number of benzene rings is 1. The van der Waals surface area contributed by atoms with Crippen LogP contribution in [0.25, 0.3) is 0 Å². The molecule has 1 aromatic carbocycles. The second kappa shape index (κ2) is 6.58. The summed E-state index contributed by atoms with van der Waals surface area (Å²) in [6, 6.07) is 7.77. The number of likely N-dealkylation sites (N-methyl/N-ethyl adjacent to an activating group) is 1. The van der Waals surface area contributed by atoms with E-state index in [1.807, 2.05) is 12.1 Å². The molecule has 0 spiro atoms. The average Bonchev–Trinajstić information content (AvgIpc) is 2.43. The minimum Gasteiger partial charge on any atom is -0.478 e.